The lowest BCUT2D eigenvalue weighted by atomic mass is 10.0. The van der Waals surface area contributed by atoms with Crippen molar-refractivity contribution < 1.29 is 9.90 Å². The Morgan fingerprint density at radius 1 is 1.32 bits per heavy atom. The van der Waals surface area contributed by atoms with E-state index < -0.39 is 5.60 Å². The topological polar surface area (TPSA) is 61.6 Å². The highest BCUT2D eigenvalue weighted by Crippen LogP contribution is 2.24. The summed E-state index contributed by atoms with van der Waals surface area (Å²) in [6, 6.07) is 1.97. The second-order valence-electron chi connectivity index (χ2n) is 6.86. The molecular formula is C16H26N4O2. The molecule has 6 nitrogen and oxygen atoms in total. The number of carbonyl (C=O) groups excluding carboxylic acids is 1. The van der Waals surface area contributed by atoms with Gasteiger partial charge in [0.05, 0.1) is 17.8 Å². The molecule has 1 atom stereocenters. The Hall–Kier alpha value is -1.40. The van der Waals surface area contributed by atoms with Gasteiger partial charge >= 0.3 is 0 Å². The molecule has 1 aromatic rings. The van der Waals surface area contributed by atoms with Crippen LogP contribution in [0.15, 0.2) is 6.07 Å². The van der Waals surface area contributed by atoms with Crippen molar-refractivity contribution in [2.45, 2.75) is 45.3 Å². The van der Waals surface area contributed by atoms with Crippen LogP contribution in [-0.2, 0) is 11.3 Å². The molecule has 0 saturated carbocycles. The van der Waals surface area contributed by atoms with Gasteiger partial charge in [-0.05, 0) is 52.3 Å². The molecule has 3 heterocycles. The van der Waals surface area contributed by atoms with Crippen LogP contribution in [0.4, 0.5) is 0 Å². The summed E-state index contributed by atoms with van der Waals surface area (Å²) in [5, 5.41) is 15.1. The molecule has 0 aromatic carbocycles. The number of aliphatic hydroxyl groups is 1. The van der Waals surface area contributed by atoms with Crippen molar-refractivity contribution in [3.05, 3.63) is 17.5 Å². The predicted octanol–water partition coefficient (Wildman–Crippen LogP) is 0.559. The van der Waals surface area contributed by atoms with Gasteiger partial charge < -0.3 is 14.9 Å². The molecule has 1 aromatic heterocycles. The highest BCUT2D eigenvalue weighted by molar-refractivity contribution is 5.76. The third-order valence-corrected chi connectivity index (χ3v) is 4.79. The summed E-state index contributed by atoms with van der Waals surface area (Å²) in [4.78, 5) is 16.5. The number of aryl methyl sites for hydroxylation is 2. The molecule has 0 radical (unpaired) electrons. The van der Waals surface area contributed by atoms with Gasteiger partial charge in [-0.3, -0.25) is 9.48 Å². The normalized spacial score (nSPS) is 26.0. The van der Waals surface area contributed by atoms with E-state index in [-0.39, 0.29) is 12.5 Å². The van der Waals surface area contributed by atoms with E-state index in [1.54, 1.807) is 9.58 Å². The Labute approximate surface area is 131 Å². The van der Waals surface area contributed by atoms with E-state index in [9.17, 15) is 9.90 Å². The summed E-state index contributed by atoms with van der Waals surface area (Å²) < 4.78 is 1.75. The molecule has 2 aliphatic heterocycles. The first-order valence-electron chi connectivity index (χ1n) is 8.19. The first-order chi connectivity index (χ1) is 10.5. The van der Waals surface area contributed by atoms with Gasteiger partial charge in [-0.2, -0.15) is 5.10 Å². The highest BCUT2D eigenvalue weighted by Gasteiger charge is 2.39. The summed E-state index contributed by atoms with van der Waals surface area (Å²) in [6.45, 7) is 8.07. The van der Waals surface area contributed by atoms with E-state index in [1.807, 2.05) is 19.9 Å². The number of hydrogen-bond donors (Lipinski definition) is 1. The molecule has 2 saturated heterocycles. The fraction of sp³-hybridized carbons (Fsp3) is 0.750. The van der Waals surface area contributed by atoms with Gasteiger partial charge in [0, 0.05) is 18.8 Å². The van der Waals surface area contributed by atoms with Crippen molar-refractivity contribution in [2.24, 2.45) is 0 Å². The van der Waals surface area contributed by atoms with Crippen molar-refractivity contribution in [1.29, 1.82) is 0 Å². The molecule has 1 N–H and O–H groups in total. The van der Waals surface area contributed by atoms with Crippen LogP contribution in [0.1, 0.15) is 30.7 Å². The maximum absolute atomic E-state index is 12.4. The minimum absolute atomic E-state index is 0.0450. The van der Waals surface area contributed by atoms with Crippen molar-refractivity contribution in [3.63, 3.8) is 0 Å². The number of likely N-dealkylation sites (tertiary alicyclic amines) is 2. The molecule has 0 spiro atoms. The van der Waals surface area contributed by atoms with E-state index in [1.165, 1.54) is 12.8 Å². The largest absolute Gasteiger partial charge is 0.387 e. The van der Waals surface area contributed by atoms with Crippen LogP contribution >= 0.6 is 0 Å². The molecule has 1 amide bonds. The summed E-state index contributed by atoms with van der Waals surface area (Å²) in [5.74, 6) is 0.0450. The zero-order valence-corrected chi connectivity index (χ0v) is 13.6. The van der Waals surface area contributed by atoms with Crippen molar-refractivity contribution in [2.75, 3.05) is 32.7 Å². The van der Waals surface area contributed by atoms with Crippen LogP contribution < -0.4 is 0 Å². The van der Waals surface area contributed by atoms with E-state index >= 15 is 0 Å². The summed E-state index contributed by atoms with van der Waals surface area (Å²) in [7, 11) is 0. The Bertz CT molecular complexity index is 550. The second kappa shape index (κ2) is 6.01. The minimum Gasteiger partial charge on any atom is -0.387 e. The van der Waals surface area contributed by atoms with Gasteiger partial charge in [-0.1, -0.05) is 0 Å². The van der Waals surface area contributed by atoms with E-state index in [2.05, 4.69) is 10.00 Å². The number of hydrogen-bond acceptors (Lipinski definition) is 4. The van der Waals surface area contributed by atoms with Gasteiger partial charge in [-0.15, -0.1) is 0 Å². The summed E-state index contributed by atoms with van der Waals surface area (Å²) >= 11 is 0. The monoisotopic (exact) mass is 306 g/mol. The fourth-order valence-corrected chi connectivity index (χ4v) is 3.62. The zero-order chi connectivity index (χ0) is 15.7. The number of nitrogens with zero attached hydrogens (tertiary/aromatic N) is 4. The van der Waals surface area contributed by atoms with E-state index in [0.717, 1.165) is 24.5 Å². The first-order valence-corrected chi connectivity index (χ1v) is 8.19. The number of rotatable bonds is 4. The van der Waals surface area contributed by atoms with Crippen LogP contribution in [0.5, 0.6) is 0 Å². The molecule has 0 unspecified atom stereocenters. The SMILES string of the molecule is Cc1cc(C)n(CC(=O)N2CC[C@@](O)(CN3CCCC3)C2)n1. The van der Waals surface area contributed by atoms with Crippen LogP contribution in [-0.4, -0.2) is 68.9 Å². The van der Waals surface area contributed by atoms with E-state index in [4.69, 9.17) is 0 Å². The average molecular weight is 306 g/mol. The Balaban J connectivity index is 1.57. The molecule has 0 bridgehead atoms. The minimum atomic E-state index is -0.741. The number of amides is 1. The van der Waals surface area contributed by atoms with E-state index in [0.29, 0.717) is 26.1 Å². The summed E-state index contributed by atoms with van der Waals surface area (Å²) in [6.07, 6.45) is 3.11. The van der Waals surface area contributed by atoms with Crippen LogP contribution in [0.2, 0.25) is 0 Å². The fourth-order valence-electron chi connectivity index (χ4n) is 3.62. The quantitative estimate of drug-likeness (QED) is 0.883. The summed E-state index contributed by atoms with van der Waals surface area (Å²) in [5.41, 5.74) is 1.18. The lowest BCUT2D eigenvalue weighted by Gasteiger charge is -2.28. The van der Waals surface area contributed by atoms with Gasteiger partial charge in [0.25, 0.3) is 0 Å². The number of carbonyl (C=O) groups is 1. The third kappa shape index (κ3) is 3.33. The molecule has 3 rings (SSSR count). The maximum Gasteiger partial charge on any atom is 0.244 e. The van der Waals surface area contributed by atoms with Crippen LogP contribution in [0.3, 0.4) is 0 Å². The molecule has 0 aliphatic carbocycles. The van der Waals surface area contributed by atoms with Crippen molar-refractivity contribution in [1.82, 2.24) is 19.6 Å². The Morgan fingerprint density at radius 3 is 2.68 bits per heavy atom. The average Bonchev–Trinajstić information content (AvgIpc) is 3.13. The lowest BCUT2D eigenvalue weighted by Crippen LogP contribution is -2.45. The second-order valence-corrected chi connectivity index (χ2v) is 6.86. The van der Waals surface area contributed by atoms with Crippen molar-refractivity contribution >= 4 is 5.91 Å². The molecule has 2 aliphatic rings. The molecule has 6 heteroatoms. The van der Waals surface area contributed by atoms with Crippen LogP contribution in [0.25, 0.3) is 0 Å². The molecule has 122 valence electrons. The number of β-amino-alcohol motifs (C(OH)–C–C–N with tert-alkyl or cyclic N) is 1. The van der Waals surface area contributed by atoms with Gasteiger partial charge in [-0.25, -0.2) is 0 Å². The molecule has 2 fully saturated rings. The smallest absolute Gasteiger partial charge is 0.244 e. The van der Waals surface area contributed by atoms with Crippen LogP contribution in [0, 0.1) is 13.8 Å². The zero-order valence-electron chi connectivity index (χ0n) is 13.6. The predicted molar refractivity (Wildman–Crippen MR) is 83.5 cm³/mol. The number of aromatic nitrogens is 2. The standard InChI is InChI=1S/C16H26N4O2/c1-13-9-14(2)20(17-13)10-15(21)19-8-5-16(22,12-19)11-18-6-3-4-7-18/h9,22H,3-8,10-12H2,1-2H3/t16-/m1/s1. The molecule has 22 heavy (non-hydrogen) atoms. The maximum atomic E-state index is 12.4. The van der Waals surface area contributed by atoms with Gasteiger partial charge in [0.2, 0.25) is 5.91 Å². The lowest BCUT2D eigenvalue weighted by molar-refractivity contribution is -0.132. The Morgan fingerprint density at radius 2 is 2.05 bits per heavy atom. The third-order valence-electron chi connectivity index (χ3n) is 4.79. The first kappa shape index (κ1) is 15.5. The Kier molecular flexibility index (Phi) is 4.23. The van der Waals surface area contributed by atoms with Gasteiger partial charge in [0.1, 0.15) is 6.54 Å². The highest BCUT2D eigenvalue weighted by atomic mass is 16.3. The van der Waals surface area contributed by atoms with Gasteiger partial charge in [0.15, 0.2) is 0 Å². The molecular weight excluding hydrogens is 280 g/mol. The van der Waals surface area contributed by atoms with Crippen molar-refractivity contribution in [3.8, 4) is 0 Å².